The summed E-state index contributed by atoms with van der Waals surface area (Å²) in [5.41, 5.74) is 1.36. The van der Waals surface area contributed by atoms with E-state index in [1.165, 1.54) is 0 Å². The van der Waals surface area contributed by atoms with Gasteiger partial charge in [0.05, 0.1) is 5.56 Å². The lowest BCUT2D eigenvalue weighted by atomic mass is 10.1. The molecule has 1 aromatic rings. The quantitative estimate of drug-likeness (QED) is 0.862. The highest BCUT2D eigenvalue weighted by Gasteiger charge is 2.29. The summed E-state index contributed by atoms with van der Waals surface area (Å²) in [4.78, 5) is 16.3. The molecule has 0 bridgehead atoms. The highest BCUT2D eigenvalue weighted by molar-refractivity contribution is 5.97. The molecule has 1 aliphatic heterocycles. The van der Waals surface area contributed by atoms with E-state index < -0.39 is 0 Å². The standard InChI is InChI=1S/C14H20N2O2/c1-10-4-5-12(13(17)8-10)14(18)16-7-6-11(9-16)15(2)3/h4-5,8,11,17H,6-7,9H2,1-3H3. The van der Waals surface area contributed by atoms with Gasteiger partial charge in [0, 0.05) is 19.1 Å². The van der Waals surface area contributed by atoms with Crippen LogP contribution in [0.15, 0.2) is 18.2 Å². The normalized spacial score (nSPS) is 19.6. The molecule has 1 heterocycles. The summed E-state index contributed by atoms with van der Waals surface area (Å²) in [5.74, 6) is 0.00477. The fraction of sp³-hybridized carbons (Fsp3) is 0.500. The number of phenolic OH excluding ortho intramolecular Hbond substituents is 1. The van der Waals surface area contributed by atoms with Crippen molar-refractivity contribution in [2.24, 2.45) is 0 Å². The predicted octanol–water partition coefficient (Wildman–Crippen LogP) is 1.48. The second kappa shape index (κ2) is 4.98. The number of carbonyl (C=O) groups is 1. The summed E-state index contributed by atoms with van der Waals surface area (Å²) in [6.45, 7) is 3.39. The molecule has 0 saturated carbocycles. The average molecular weight is 248 g/mol. The highest BCUT2D eigenvalue weighted by atomic mass is 16.3. The molecule has 1 aliphatic rings. The van der Waals surface area contributed by atoms with E-state index in [1.54, 1.807) is 12.1 Å². The van der Waals surface area contributed by atoms with Gasteiger partial charge in [-0.1, -0.05) is 6.07 Å². The van der Waals surface area contributed by atoms with Gasteiger partial charge in [0.15, 0.2) is 0 Å². The van der Waals surface area contributed by atoms with Crippen LogP contribution in [0.2, 0.25) is 0 Å². The fourth-order valence-electron chi connectivity index (χ4n) is 2.34. The van der Waals surface area contributed by atoms with Crippen LogP contribution < -0.4 is 0 Å². The summed E-state index contributed by atoms with van der Waals surface area (Å²) >= 11 is 0. The van der Waals surface area contributed by atoms with E-state index in [0.29, 0.717) is 11.6 Å². The van der Waals surface area contributed by atoms with Crippen molar-refractivity contribution in [2.75, 3.05) is 27.2 Å². The van der Waals surface area contributed by atoms with Crippen molar-refractivity contribution in [3.63, 3.8) is 0 Å². The van der Waals surface area contributed by atoms with E-state index in [1.807, 2.05) is 32.0 Å². The van der Waals surface area contributed by atoms with Gasteiger partial charge in [-0.3, -0.25) is 4.79 Å². The molecule has 1 N–H and O–H groups in total. The topological polar surface area (TPSA) is 43.8 Å². The molecule has 1 fully saturated rings. The molecule has 0 aromatic heterocycles. The molecule has 1 aromatic carbocycles. The van der Waals surface area contributed by atoms with Gasteiger partial charge in [-0.15, -0.1) is 0 Å². The van der Waals surface area contributed by atoms with Crippen molar-refractivity contribution in [1.29, 1.82) is 0 Å². The van der Waals surface area contributed by atoms with Gasteiger partial charge in [-0.25, -0.2) is 0 Å². The number of benzene rings is 1. The number of rotatable bonds is 2. The third-order valence-corrected chi connectivity index (χ3v) is 3.56. The molecule has 1 atom stereocenters. The average Bonchev–Trinajstić information content (AvgIpc) is 2.77. The van der Waals surface area contributed by atoms with Crippen molar-refractivity contribution in [3.8, 4) is 5.75 Å². The fourth-order valence-corrected chi connectivity index (χ4v) is 2.34. The van der Waals surface area contributed by atoms with Crippen LogP contribution in [0.1, 0.15) is 22.3 Å². The lowest BCUT2D eigenvalue weighted by Gasteiger charge is -2.20. The van der Waals surface area contributed by atoms with Crippen molar-refractivity contribution in [2.45, 2.75) is 19.4 Å². The first-order valence-corrected chi connectivity index (χ1v) is 6.24. The van der Waals surface area contributed by atoms with Crippen LogP contribution in [0, 0.1) is 6.92 Å². The minimum Gasteiger partial charge on any atom is -0.507 e. The molecule has 98 valence electrons. The summed E-state index contributed by atoms with van der Waals surface area (Å²) in [6, 6.07) is 5.61. The Bertz CT molecular complexity index is 457. The van der Waals surface area contributed by atoms with Crippen LogP contribution in [0.25, 0.3) is 0 Å². The second-order valence-corrected chi connectivity index (χ2v) is 5.18. The number of hydrogen-bond acceptors (Lipinski definition) is 3. The van der Waals surface area contributed by atoms with Crippen LogP contribution in [-0.2, 0) is 0 Å². The van der Waals surface area contributed by atoms with E-state index in [9.17, 15) is 9.90 Å². The number of phenols is 1. The first-order valence-electron chi connectivity index (χ1n) is 6.24. The van der Waals surface area contributed by atoms with Crippen LogP contribution in [0.3, 0.4) is 0 Å². The number of aromatic hydroxyl groups is 1. The number of carbonyl (C=O) groups excluding carboxylic acids is 1. The molecule has 4 heteroatoms. The van der Waals surface area contributed by atoms with Gasteiger partial charge in [0.25, 0.3) is 5.91 Å². The zero-order valence-corrected chi connectivity index (χ0v) is 11.2. The van der Waals surface area contributed by atoms with Crippen LogP contribution in [0.5, 0.6) is 5.75 Å². The van der Waals surface area contributed by atoms with Gasteiger partial charge in [0.1, 0.15) is 5.75 Å². The molecule has 4 nitrogen and oxygen atoms in total. The highest BCUT2D eigenvalue weighted by Crippen LogP contribution is 2.23. The number of hydrogen-bond donors (Lipinski definition) is 1. The Labute approximate surface area is 108 Å². The van der Waals surface area contributed by atoms with Crippen molar-refractivity contribution >= 4 is 5.91 Å². The maximum Gasteiger partial charge on any atom is 0.257 e. The molecule has 0 radical (unpaired) electrons. The molecule has 2 rings (SSSR count). The van der Waals surface area contributed by atoms with Crippen LogP contribution in [-0.4, -0.2) is 54.0 Å². The van der Waals surface area contributed by atoms with E-state index in [-0.39, 0.29) is 11.7 Å². The van der Waals surface area contributed by atoms with Gasteiger partial charge in [-0.05, 0) is 45.1 Å². The first kappa shape index (κ1) is 12.9. The van der Waals surface area contributed by atoms with E-state index in [0.717, 1.165) is 25.1 Å². The van der Waals surface area contributed by atoms with Gasteiger partial charge < -0.3 is 14.9 Å². The number of aryl methyl sites for hydroxylation is 1. The molecular weight excluding hydrogens is 228 g/mol. The maximum atomic E-state index is 12.3. The SMILES string of the molecule is Cc1ccc(C(=O)N2CCC(N(C)C)C2)c(O)c1. The zero-order chi connectivity index (χ0) is 13.3. The Balaban J connectivity index is 2.13. The lowest BCUT2D eigenvalue weighted by molar-refractivity contribution is 0.0780. The van der Waals surface area contributed by atoms with Crippen molar-refractivity contribution < 1.29 is 9.90 Å². The molecule has 1 saturated heterocycles. The Hall–Kier alpha value is -1.55. The number of likely N-dealkylation sites (N-methyl/N-ethyl adjacent to an activating group) is 1. The summed E-state index contributed by atoms with van der Waals surface area (Å²) in [5, 5.41) is 9.84. The Morgan fingerprint density at radius 1 is 1.44 bits per heavy atom. The van der Waals surface area contributed by atoms with Gasteiger partial charge in [0.2, 0.25) is 0 Å². The number of amides is 1. The zero-order valence-electron chi connectivity index (χ0n) is 11.2. The van der Waals surface area contributed by atoms with E-state index >= 15 is 0 Å². The molecule has 0 spiro atoms. The first-order chi connectivity index (χ1) is 8.49. The third kappa shape index (κ3) is 2.48. The minimum absolute atomic E-state index is 0.0724. The van der Waals surface area contributed by atoms with Gasteiger partial charge in [-0.2, -0.15) is 0 Å². The molecule has 0 aliphatic carbocycles. The Morgan fingerprint density at radius 2 is 2.17 bits per heavy atom. The minimum atomic E-state index is -0.0724. The molecule has 18 heavy (non-hydrogen) atoms. The van der Waals surface area contributed by atoms with Crippen LogP contribution in [0.4, 0.5) is 0 Å². The summed E-state index contributed by atoms with van der Waals surface area (Å²) < 4.78 is 0. The lowest BCUT2D eigenvalue weighted by Crippen LogP contribution is -2.34. The largest absolute Gasteiger partial charge is 0.507 e. The van der Waals surface area contributed by atoms with Gasteiger partial charge >= 0.3 is 0 Å². The van der Waals surface area contributed by atoms with Crippen LogP contribution >= 0.6 is 0 Å². The van der Waals surface area contributed by atoms with Crippen molar-refractivity contribution in [3.05, 3.63) is 29.3 Å². The van der Waals surface area contributed by atoms with E-state index in [2.05, 4.69) is 4.90 Å². The maximum absolute atomic E-state index is 12.3. The molecular formula is C14H20N2O2. The van der Waals surface area contributed by atoms with E-state index in [4.69, 9.17) is 0 Å². The third-order valence-electron chi connectivity index (χ3n) is 3.56. The molecule has 1 unspecified atom stereocenters. The Morgan fingerprint density at radius 3 is 2.72 bits per heavy atom. The predicted molar refractivity (Wildman–Crippen MR) is 70.8 cm³/mol. The summed E-state index contributed by atoms with van der Waals surface area (Å²) in [7, 11) is 4.06. The summed E-state index contributed by atoms with van der Waals surface area (Å²) in [6.07, 6.45) is 0.991. The van der Waals surface area contributed by atoms with Crippen molar-refractivity contribution in [1.82, 2.24) is 9.80 Å². The molecule has 1 amide bonds. The second-order valence-electron chi connectivity index (χ2n) is 5.18. The number of likely N-dealkylation sites (tertiary alicyclic amines) is 1. The Kier molecular flexibility index (Phi) is 3.57. The number of nitrogens with zero attached hydrogens (tertiary/aromatic N) is 2. The monoisotopic (exact) mass is 248 g/mol. The smallest absolute Gasteiger partial charge is 0.257 e.